The van der Waals surface area contributed by atoms with Gasteiger partial charge in [-0.05, 0) is 19.8 Å². The highest BCUT2D eigenvalue weighted by Gasteiger charge is 2.27. The third-order valence-corrected chi connectivity index (χ3v) is 2.10. The van der Waals surface area contributed by atoms with Crippen molar-refractivity contribution in [3.05, 3.63) is 0 Å². The number of carbonyl (C=O) groups is 1. The van der Waals surface area contributed by atoms with Gasteiger partial charge in [-0.1, -0.05) is 0 Å². The fraction of sp³-hybridized carbons (Fsp3) is 0.857. The zero-order chi connectivity index (χ0) is 8.43. The molecule has 1 rings (SSSR count). The monoisotopic (exact) mass is 159 g/mol. The lowest BCUT2D eigenvalue weighted by molar-refractivity contribution is 0.0420. The summed E-state index contributed by atoms with van der Waals surface area (Å²) < 4.78 is 0. The standard InChI is InChI=1S/C7H13NO3/c1-5-2-3-6(9)4-8(5)7(10)11/h5-6,9H,2-4H2,1H3,(H,10,11)/t5-,6-/m0/s1. The van der Waals surface area contributed by atoms with Crippen LogP contribution in [0.25, 0.3) is 0 Å². The van der Waals surface area contributed by atoms with Crippen LogP contribution in [0.4, 0.5) is 4.79 Å². The number of hydrogen-bond acceptors (Lipinski definition) is 2. The van der Waals surface area contributed by atoms with Crippen LogP contribution in [0.2, 0.25) is 0 Å². The molecule has 1 heterocycles. The van der Waals surface area contributed by atoms with E-state index in [4.69, 9.17) is 10.2 Å². The van der Waals surface area contributed by atoms with Crippen LogP contribution < -0.4 is 0 Å². The second-order valence-electron chi connectivity index (χ2n) is 3.02. The van der Waals surface area contributed by atoms with Crippen molar-refractivity contribution >= 4 is 6.09 Å². The molecule has 0 aromatic carbocycles. The van der Waals surface area contributed by atoms with Crippen molar-refractivity contribution in [2.75, 3.05) is 6.54 Å². The number of hydrogen-bond donors (Lipinski definition) is 2. The van der Waals surface area contributed by atoms with E-state index in [1.54, 1.807) is 0 Å². The molecule has 2 N–H and O–H groups in total. The van der Waals surface area contributed by atoms with E-state index in [0.717, 1.165) is 6.42 Å². The minimum absolute atomic E-state index is 0.0518. The highest BCUT2D eigenvalue weighted by atomic mass is 16.4. The molecule has 0 aromatic heterocycles. The summed E-state index contributed by atoms with van der Waals surface area (Å²) >= 11 is 0. The van der Waals surface area contributed by atoms with Crippen molar-refractivity contribution in [1.29, 1.82) is 0 Å². The molecule has 4 nitrogen and oxygen atoms in total. The first-order valence-corrected chi connectivity index (χ1v) is 3.79. The third kappa shape index (κ3) is 1.83. The van der Waals surface area contributed by atoms with Crippen LogP contribution in [0.15, 0.2) is 0 Å². The number of nitrogens with zero attached hydrogens (tertiary/aromatic N) is 1. The maximum Gasteiger partial charge on any atom is 0.407 e. The van der Waals surface area contributed by atoms with Crippen molar-refractivity contribution in [2.45, 2.75) is 31.9 Å². The largest absolute Gasteiger partial charge is 0.465 e. The van der Waals surface area contributed by atoms with Gasteiger partial charge in [0.1, 0.15) is 0 Å². The molecular weight excluding hydrogens is 146 g/mol. The summed E-state index contributed by atoms with van der Waals surface area (Å²) in [7, 11) is 0. The molecule has 1 aliphatic heterocycles. The molecule has 0 bridgehead atoms. The van der Waals surface area contributed by atoms with Gasteiger partial charge in [0.2, 0.25) is 0 Å². The highest BCUT2D eigenvalue weighted by molar-refractivity contribution is 5.65. The molecule has 0 aromatic rings. The molecule has 0 radical (unpaired) electrons. The fourth-order valence-electron chi connectivity index (χ4n) is 1.35. The van der Waals surface area contributed by atoms with E-state index in [1.165, 1.54) is 4.90 Å². The Bertz CT molecular complexity index is 160. The molecule has 1 aliphatic rings. The highest BCUT2D eigenvalue weighted by Crippen LogP contribution is 2.16. The number of carboxylic acid groups (broad SMARTS) is 1. The van der Waals surface area contributed by atoms with E-state index < -0.39 is 12.2 Å². The summed E-state index contributed by atoms with van der Waals surface area (Å²) in [6.07, 6.45) is 0.0665. The average Bonchev–Trinajstić information content (AvgIpc) is 1.94. The fourth-order valence-corrected chi connectivity index (χ4v) is 1.35. The molecular formula is C7H13NO3. The Morgan fingerprint density at radius 3 is 2.64 bits per heavy atom. The second kappa shape index (κ2) is 3.09. The van der Waals surface area contributed by atoms with Crippen molar-refractivity contribution in [2.24, 2.45) is 0 Å². The first-order chi connectivity index (χ1) is 5.11. The zero-order valence-electron chi connectivity index (χ0n) is 6.53. The van der Waals surface area contributed by atoms with Crippen molar-refractivity contribution in [3.8, 4) is 0 Å². The lowest BCUT2D eigenvalue weighted by atomic mass is 10.0. The van der Waals surface area contributed by atoms with E-state index in [2.05, 4.69) is 0 Å². The minimum atomic E-state index is -0.934. The van der Waals surface area contributed by atoms with Gasteiger partial charge in [-0.15, -0.1) is 0 Å². The molecule has 0 spiro atoms. The van der Waals surface area contributed by atoms with Gasteiger partial charge in [-0.3, -0.25) is 0 Å². The summed E-state index contributed by atoms with van der Waals surface area (Å²) in [6.45, 7) is 2.12. The number of β-amino-alcohol motifs (C(OH)–C–C–N with tert-alkyl or cyclic N) is 1. The van der Waals surface area contributed by atoms with Gasteiger partial charge in [0.25, 0.3) is 0 Å². The summed E-state index contributed by atoms with van der Waals surface area (Å²) in [5.74, 6) is 0. The quantitative estimate of drug-likeness (QED) is 0.541. The van der Waals surface area contributed by atoms with E-state index in [-0.39, 0.29) is 12.6 Å². The molecule has 1 fully saturated rings. The Hall–Kier alpha value is -0.770. The first kappa shape index (κ1) is 8.33. The Kier molecular flexibility index (Phi) is 2.34. The van der Waals surface area contributed by atoms with E-state index in [9.17, 15) is 4.79 Å². The molecule has 0 unspecified atom stereocenters. The van der Waals surface area contributed by atoms with Crippen molar-refractivity contribution in [1.82, 2.24) is 4.90 Å². The summed E-state index contributed by atoms with van der Waals surface area (Å²) in [5, 5.41) is 17.8. The molecule has 0 aliphatic carbocycles. The van der Waals surface area contributed by atoms with Crippen LogP contribution in [0, 0.1) is 0 Å². The van der Waals surface area contributed by atoms with Gasteiger partial charge in [-0.25, -0.2) is 4.79 Å². The Labute approximate surface area is 65.4 Å². The minimum Gasteiger partial charge on any atom is -0.465 e. The number of amides is 1. The molecule has 0 saturated carbocycles. The van der Waals surface area contributed by atoms with Crippen LogP contribution in [0.1, 0.15) is 19.8 Å². The topological polar surface area (TPSA) is 60.8 Å². The SMILES string of the molecule is C[C@H]1CC[C@H](O)CN1C(=O)O. The van der Waals surface area contributed by atoms with E-state index in [1.807, 2.05) is 6.92 Å². The van der Waals surface area contributed by atoms with Crippen LogP contribution in [-0.4, -0.2) is 39.9 Å². The van der Waals surface area contributed by atoms with Gasteiger partial charge in [0.05, 0.1) is 12.6 Å². The Morgan fingerprint density at radius 2 is 2.18 bits per heavy atom. The number of likely N-dealkylation sites (tertiary alicyclic amines) is 1. The maximum atomic E-state index is 10.5. The predicted molar refractivity (Wildman–Crippen MR) is 39.4 cm³/mol. The molecule has 1 amide bonds. The Balaban J connectivity index is 2.54. The van der Waals surface area contributed by atoms with Gasteiger partial charge in [0.15, 0.2) is 0 Å². The number of piperidine rings is 1. The van der Waals surface area contributed by atoms with Gasteiger partial charge < -0.3 is 15.1 Å². The van der Waals surface area contributed by atoms with Crippen LogP contribution in [0.3, 0.4) is 0 Å². The number of aliphatic hydroxyl groups excluding tert-OH is 1. The van der Waals surface area contributed by atoms with E-state index >= 15 is 0 Å². The Morgan fingerprint density at radius 1 is 1.55 bits per heavy atom. The van der Waals surface area contributed by atoms with Crippen LogP contribution >= 0.6 is 0 Å². The molecule has 64 valence electrons. The van der Waals surface area contributed by atoms with Gasteiger partial charge >= 0.3 is 6.09 Å². The van der Waals surface area contributed by atoms with Crippen LogP contribution in [-0.2, 0) is 0 Å². The zero-order valence-corrected chi connectivity index (χ0v) is 6.53. The van der Waals surface area contributed by atoms with Gasteiger partial charge in [-0.2, -0.15) is 0 Å². The summed E-state index contributed by atoms with van der Waals surface area (Å²) in [4.78, 5) is 11.8. The van der Waals surface area contributed by atoms with Crippen molar-refractivity contribution in [3.63, 3.8) is 0 Å². The lowest BCUT2D eigenvalue weighted by Gasteiger charge is -2.33. The average molecular weight is 159 g/mol. The number of aliphatic hydroxyl groups is 1. The lowest BCUT2D eigenvalue weighted by Crippen LogP contribution is -2.46. The molecule has 2 atom stereocenters. The molecule has 4 heteroatoms. The maximum absolute atomic E-state index is 10.5. The third-order valence-electron chi connectivity index (χ3n) is 2.10. The van der Waals surface area contributed by atoms with Crippen LogP contribution in [0.5, 0.6) is 0 Å². The van der Waals surface area contributed by atoms with Crippen molar-refractivity contribution < 1.29 is 15.0 Å². The molecule has 1 saturated heterocycles. The van der Waals surface area contributed by atoms with Gasteiger partial charge in [0, 0.05) is 6.04 Å². The summed E-state index contributed by atoms with van der Waals surface area (Å²) in [6, 6.07) is 0.0518. The first-order valence-electron chi connectivity index (χ1n) is 3.79. The predicted octanol–water partition coefficient (Wildman–Crippen LogP) is 0.510. The number of rotatable bonds is 0. The van der Waals surface area contributed by atoms with E-state index in [0.29, 0.717) is 6.42 Å². The smallest absolute Gasteiger partial charge is 0.407 e. The summed E-state index contributed by atoms with van der Waals surface area (Å²) in [5.41, 5.74) is 0. The normalized spacial score (nSPS) is 32.0. The second-order valence-corrected chi connectivity index (χ2v) is 3.02. The molecule has 11 heavy (non-hydrogen) atoms.